The van der Waals surface area contributed by atoms with Crippen molar-refractivity contribution in [2.75, 3.05) is 11.1 Å². The lowest BCUT2D eigenvalue weighted by Gasteiger charge is -2.03. The van der Waals surface area contributed by atoms with Gasteiger partial charge in [-0.3, -0.25) is 14.9 Å². The number of thiazole rings is 2. The molecule has 0 atom stereocenters. The number of hydrogen-bond acceptors (Lipinski definition) is 9. The number of amides is 1. The van der Waals surface area contributed by atoms with Gasteiger partial charge in [-0.1, -0.05) is 40.9 Å². The average molecular weight is 433 g/mol. The second kappa shape index (κ2) is 9.89. The van der Waals surface area contributed by atoms with Crippen molar-refractivity contribution in [3.8, 4) is 5.75 Å². The van der Waals surface area contributed by atoms with Crippen LogP contribution in [0.15, 0.2) is 30.3 Å². The van der Waals surface area contributed by atoms with Crippen molar-refractivity contribution in [2.45, 2.75) is 27.7 Å². The van der Waals surface area contributed by atoms with E-state index in [0.29, 0.717) is 31.5 Å². The summed E-state index contributed by atoms with van der Waals surface area (Å²) in [6.45, 7) is 6.48. The maximum absolute atomic E-state index is 11.6. The minimum Gasteiger partial charge on any atom is -0.410 e. The number of Topliss-reactive ketones (excluding diaryl/α,β-unsaturated/α-hetero) is 2. The van der Waals surface area contributed by atoms with Crippen molar-refractivity contribution in [1.29, 1.82) is 0 Å². The molecule has 0 aliphatic rings. The Labute approximate surface area is 175 Å². The Balaban J connectivity index is 0.000000253. The first-order valence-corrected chi connectivity index (χ1v) is 10.1. The number of nitrogen functional groups attached to an aromatic ring is 1. The van der Waals surface area contributed by atoms with Gasteiger partial charge in [-0.05, 0) is 26.0 Å². The summed E-state index contributed by atoms with van der Waals surface area (Å²) >= 11 is 2.37. The Morgan fingerprint density at radius 1 is 0.931 bits per heavy atom. The van der Waals surface area contributed by atoms with Gasteiger partial charge >= 0.3 is 6.09 Å². The quantitative estimate of drug-likeness (QED) is 0.582. The highest BCUT2D eigenvalue weighted by Crippen LogP contribution is 2.23. The van der Waals surface area contributed by atoms with Crippen molar-refractivity contribution in [1.82, 2.24) is 9.97 Å². The Hall–Kier alpha value is -3.11. The van der Waals surface area contributed by atoms with Gasteiger partial charge < -0.3 is 10.5 Å². The fourth-order valence-electron chi connectivity index (χ4n) is 2.23. The topological polar surface area (TPSA) is 124 Å². The van der Waals surface area contributed by atoms with Crippen molar-refractivity contribution in [3.63, 3.8) is 0 Å². The van der Waals surface area contributed by atoms with E-state index in [1.54, 1.807) is 38.1 Å². The predicted octanol–water partition coefficient (Wildman–Crippen LogP) is 4.50. The van der Waals surface area contributed by atoms with Crippen LogP contribution in [0.1, 0.15) is 44.6 Å². The van der Waals surface area contributed by atoms with Crippen LogP contribution in [-0.4, -0.2) is 27.6 Å². The van der Waals surface area contributed by atoms with E-state index in [0.717, 1.165) is 17.0 Å². The summed E-state index contributed by atoms with van der Waals surface area (Å²) in [5, 5.41) is 3.31. The van der Waals surface area contributed by atoms with Crippen LogP contribution < -0.4 is 15.8 Å². The molecule has 1 aromatic carbocycles. The molecule has 2 aromatic heterocycles. The SMILES string of the molecule is CC(=O)c1sc(N)nc1C.CC(=O)c1sc(NC(=O)Oc2ccccc2)nc1C. The van der Waals surface area contributed by atoms with Crippen LogP contribution in [0.25, 0.3) is 0 Å². The summed E-state index contributed by atoms with van der Waals surface area (Å²) in [5.74, 6) is 0.409. The van der Waals surface area contributed by atoms with Gasteiger partial charge in [0.1, 0.15) is 5.75 Å². The van der Waals surface area contributed by atoms with E-state index in [1.807, 2.05) is 6.07 Å². The van der Waals surface area contributed by atoms with Crippen molar-refractivity contribution >= 4 is 50.6 Å². The molecule has 10 heteroatoms. The molecule has 3 rings (SSSR count). The number of rotatable bonds is 4. The number of benzene rings is 1. The minimum absolute atomic E-state index is 0.0340. The summed E-state index contributed by atoms with van der Waals surface area (Å²) < 4.78 is 5.06. The van der Waals surface area contributed by atoms with Gasteiger partial charge in [0, 0.05) is 13.8 Å². The van der Waals surface area contributed by atoms with Crippen molar-refractivity contribution in [3.05, 3.63) is 51.5 Å². The number of nitrogens with one attached hydrogen (secondary N) is 1. The number of ketones is 2. The first-order chi connectivity index (χ1) is 13.7. The first kappa shape index (κ1) is 22.2. The van der Waals surface area contributed by atoms with Crippen LogP contribution in [0.4, 0.5) is 15.1 Å². The van der Waals surface area contributed by atoms with Crippen LogP contribution in [0.5, 0.6) is 5.75 Å². The molecule has 1 amide bonds. The van der Waals surface area contributed by atoms with Crippen LogP contribution >= 0.6 is 22.7 Å². The van der Waals surface area contributed by atoms with Crippen LogP contribution in [0.3, 0.4) is 0 Å². The molecule has 0 radical (unpaired) electrons. The largest absolute Gasteiger partial charge is 0.418 e. The van der Waals surface area contributed by atoms with E-state index in [-0.39, 0.29) is 11.6 Å². The smallest absolute Gasteiger partial charge is 0.410 e. The highest BCUT2D eigenvalue weighted by Gasteiger charge is 2.14. The molecule has 8 nitrogen and oxygen atoms in total. The maximum Gasteiger partial charge on any atom is 0.418 e. The molecule has 2 heterocycles. The van der Waals surface area contributed by atoms with E-state index < -0.39 is 6.09 Å². The molecule has 0 saturated carbocycles. The number of para-hydroxylation sites is 1. The highest BCUT2D eigenvalue weighted by atomic mass is 32.1. The highest BCUT2D eigenvalue weighted by molar-refractivity contribution is 7.18. The van der Waals surface area contributed by atoms with Crippen LogP contribution in [0.2, 0.25) is 0 Å². The molecule has 0 bridgehead atoms. The van der Waals surface area contributed by atoms with Gasteiger partial charge in [0.05, 0.1) is 21.1 Å². The summed E-state index contributed by atoms with van der Waals surface area (Å²) in [6, 6.07) is 8.71. The average Bonchev–Trinajstić information content (AvgIpc) is 3.17. The number of ether oxygens (including phenoxy) is 1. The van der Waals surface area contributed by atoms with Crippen LogP contribution in [0, 0.1) is 13.8 Å². The predicted molar refractivity (Wildman–Crippen MR) is 114 cm³/mol. The number of carbonyl (C=O) groups excluding carboxylic acids is 3. The molecule has 3 N–H and O–H groups in total. The Kier molecular flexibility index (Phi) is 7.57. The summed E-state index contributed by atoms with van der Waals surface area (Å²) in [5.41, 5.74) is 6.71. The summed E-state index contributed by atoms with van der Waals surface area (Å²) in [4.78, 5) is 42.9. The fourth-order valence-corrected chi connectivity index (χ4v) is 3.81. The second-order valence-corrected chi connectivity index (χ2v) is 7.87. The lowest BCUT2D eigenvalue weighted by molar-refractivity contribution is 0.101. The van der Waals surface area contributed by atoms with Gasteiger partial charge in [-0.2, -0.15) is 0 Å². The zero-order valence-corrected chi connectivity index (χ0v) is 17.9. The van der Waals surface area contributed by atoms with E-state index in [2.05, 4.69) is 15.3 Å². The van der Waals surface area contributed by atoms with Gasteiger partial charge in [0.25, 0.3) is 0 Å². The molecular formula is C19H20N4O4S2. The first-order valence-electron chi connectivity index (χ1n) is 8.43. The molecule has 0 spiro atoms. The van der Waals surface area contributed by atoms with E-state index >= 15 is 0 Å². The van der Waals surface area contributed by atoms with Gasteiger partial charge in [0.15, 0.2) is 21.8 Å². The number of aromatic nitrogens is 2. The van der Waals surface area contributed by atoms with Crippen LogP contribution in [-0.2, 0) is 0 Å². The molecule has 29 heavy (non-hydrogen) atoms. The van der Waals surface area contributed by atoms with E-state index in [4.69, 9.17) is 10.5 Å². The monoisotopic (exact) mass is 432 g/mol. The molecule has 0 unspecified atom stereocenters. The van der Waals surface area contributed by atoms with Crippen molar-refractivity contribution in [2.24, 2.45) is 0 Å². The Morgan fingerprint density at radius 2 is 1.48 bits per heavy atom. The standard InChI is InChI=1S/C13H12N2O3S.C6H8N2OS/c1-8-11(9(2)16)19-12(14-8)15-13(17)18-10-6-4-3-5-7-10;1-3-5(4(2)9)10-6(7)8-3/h3-7H,1-2H3,(H,14,15,17);1-2H3,(H2,7,8). The molecule has 0 saturated heterocycles. The fraction of sp³-hybridized carbons (Fsp3) is 0.211. The summed E-state index contributed by atoms with van der Waals surface area (Å²) in [6.07, 6.45) is -0.630. The third-order valence-corrected chi connectivity index (χ3v) is 5.67. The minimum atomic E-state index is -0.630. The molecule has 0 aliphatic carbocycles. The molecular weight excluding hydrogens is 412 g/mol. The number of aryl methyl sites for hydroxylation is 2. The zero-order chi connectivity index (χ0) is 21.6. The molecule has 3 aromatic rings. The Bertz CT molecular complexity index is 1030. The van der Waals surface area contributed by atoms with Gasteiger partial charge in [-0.25, -0.2) is 14.8 Å². The maximum atomic E-state index is 11.6. The Morgan fingerprint density at radius 3 is 1.93 bits per heavy atom. The number of carbonyl (C=O) groups is 3. The summed E-state index contributed by atoms with van der Waals surface area (Å²) in [7, 11) is 0. The zero-order valence-electron chi connectivity index (χ0n) is 16.3. The number of nitrogens with two attached hydrogens (primary N) is 1. The van der Waals surface area contributed by atoms with Gasteiger partial charge in [0.2, 0.25) is 0 Å². The molecule has 152 valence electrons. The van der Waals surface area contributed by atoms with Gasteiger partial charge in [-0.15, -0.1) is 0 Å². The normalized spacial score (nSPS) is 9.93. The third kappa shape index (κ3) is 6.47. The lowest BCUT2D eigenvalue weighted by atomic mass is 10.3. The third-order valence-electron chi connectivity index (χ3n) is 3.41. The number of anilines is 2. The molecule has 0 fully saturated rings. The lowest BCUT2D eigenvalue weighted by Crippen LogP contribution is -2.16. The van der Waals surface area contributed by atoms with Crippen molar-refractivity contribution < 1.29 is 19.1 Å². The second-order valence-electron chi connectivity index (χ2n) is 5.84. The van der Waals surface area contributed by atoms with E-state index in [1.165, 1.54) is 25.2 Å². The molecule has 0 aliphatic heterocycles. The number of hydrogen-bond donors (Lipinski definition) is 2. The number of nitrogens with zero attached hydrogens (tertiary/aromatic N) is 2. The van der Waals surface area contributed by atoms with E-state index in [9.17, 15) is 14.4 Å².